The molecule has 0 aliphatic rings. The Kier molecular flexibility index (Phi) is 5.05. The zero-order chi connectivity index (χ0) is 15.5. The molecular formula is C14H11BrF3NOS. The Morgan fingerprint density at radius 1 is 1.10 bits per heavy atom. The lowest BCUT2D eigenvalue weighted by molar-refractivity contribution is -0.0328. The molecule has 0 saturated heterocycles. The lowest BCUT2D eigenvalue weighted by Gasteiger charge is -2.09. The van der Waals surface area contributed by atoms with Crippen LogP contribution in [-0.2, 0) is 6.61 Å². The molecule has 7 heteroatoms. The van der Waals surface area contributed by atoms with E-state index in [0.29, 0.717) is 11.4 Å². The smallest absolute Gasteiger partial charge is 0.446 e. The molecule has 0 aliphatic heterocycles. The van der Waals surface area contributed by atoms with Crippen LogP contribution >= 0.6 is 27.7 Å². The molecule has 2 aromatic carbocycles. The van der Waals surface area contributed by atoms with Gasteiger partial charge in [0.05, 0.1) is 0 Å². The highest BCUT2D eigenvalue weighted by molar-refractivity contribution is 9.10. The summed E-state index contributed by atoms with van der Waals surface area (Å²) in [5.41, 5.74) is 2.79. The number of hydrogen-bond acceptors (Lipinski definition) is 3. The summed E-state index contributed by atoms with van der Waals surface area (Å²) in [7, 11) is 0. The summed E-state index contributed by atoms with van der Waals surface area (Å²) in [5, 5.41) is 0. The van der Waals surface area contributed by atoms with Gasteiger partial charge in [0.1, 0.15) is 12.4 Å². The monoisotopic (exact) mass is 377 g/mol. The van der Waals surface area contributed by atoms with Gasteiger partial charge in [0.25, 0.3) is 0 Å². The minimum atomic E-state index is -4.27. The molecule has 0 atom stereocenters. The Labute approximate surface area is 132 Å². The van der Waals surface area contributed by atoms with Crippen molar-refractivity contribution in [3.8, 4) is 5.75 Å². The van der Waals surface area contributed by atoms with Crippen molar-refractivity contribution in [2.75, 3.05) is 5.73 Å². The number of halogens is 4. The van der Waals surface area contributed by atoms with E-state index >= 15 is 0 Å². The third kappa shape index (κ3) is 5.17. The second kappa shape index (κ2) is 6.62. The Morgan fingerprint density at radius 3 is 2.33 bits per heavy atom. The minimum absolute atomic E-state index is 0.133. The molecule has 0 spiro atoms. The van der Waals surface area contributed by atoms with Crippen molar-refractivity contribution in [1.82, 2.24) is 0 Å². The maximum absolute atomic E-state index is 12.2. The zero-order valence-corrected chi connectivity index (χ0v) is 13.1. The second-order valence-corrected chi connectivity index (χ2v) is 6.16. The van der Waals surface area contributed by atoms with Gasteiger partial charge in [-0.3, -0.25) is 0 Å². The SMILES string of the molecule is Nc1ccc(OCc2ccc(SC(F)(F)F)cc2)cc1Br. The molecular weight excluding hydrogens is 367 g/mol. The number of thioether (sulfide) groups is 1. The molecule has 0 aliphatic carbocycles. The van der Waals surface area contributed by atoms with Crippen LogP contribution in [0, 0.1) is 0 Å². The van der Waals surface area contributed by atoms with E-state index in [1.807, 2.05) is 0 Å². The fourth-order valence-corrected chi connectivity index (χ4v) is 2.45. The van der Waals surface area contributed by atoms with E-state index in [-0.39, 0.29) is 23.3 Å². The zero-order valence-electron chi connectivity index (χ0n) is 10.7. The molecule has 112 valence electrons. The van der Waals surface area contributed by atoms with Gasteiger partial charge in [-0.2, -0.15) is 13.2 Å². The summed E-state index contributed by atoms with van der Waals surface area (Å²) < 4.78 is 42.9. The van der Waals surface area contributed by atoms with Crippen molar-refractivity contribution < 1.29 is 17.9 Å². The summed E-state index contributed by atoms with van der Waals surface area (Å²) >= 11 is 3.16. The average molecular weight is 378 g/mol. The Balaban J connectivity index is 1.96. The molecule has 0 unspecified atom stereocenters. The van der Waals surface area contributed by atoms with Gasteiger partial charge in [0, 0.05) is 15.1 Å². The predicted octanol–water partition coefficient (Wildman–Crippen LogP) is 5.22. The number of nitrogens with two attached hydrogens (primary N) is 1. The van der Waals surface area contributed by atoms with Crippen LogP contribution in [0.15, 0.2) is 51.8 Å². The van der Waals surface area contributed by atoms with Crippen molar-refractivity contribution in [2.24, 2.45) is 0 Å². The van der Waals surface area contributed by atoms with Crippen LogP contribution in [0.4, 0.5) is 18.9 Å². The fourth-order valence-electron chi connectivity index (χ4n) is 1.55. The topological polar surface area (TPSA) is 35.2 Å². The average Bonchev–Trinajstić information content (AvgIpc) is 2.40. The molecule has 0 amide bonds. The molecule has 2 N–H and O–H groups in total. The van der Waals surface area contributed by atoms with Gasteiger partial charge >= 0.3 is 5.51 Å². The number of anilines is 1. The summed E-state index contributed by atoms with van der Waals surface area (Å²) in [6, 6.07) is 11.3. The van der Waals surface area contributed by atoms with Gasteiger partial charge in [-0.25, -0.2) is 0 Å². The summed E-state index contributed by atoms with van der Waals surface area (Å²) in [5.74, 6) is 0.629. The quantitative estimate of drug-likeness (QED) is 0.585. The number of ether oxygens (including phenoxy) is 1. The van der Waals surface area contributed by atoms with Gasteiger partial charge in [0.15, 0.2) is 0 Å². The van der Waals surface area contributed by atoms with E-state index in [2.05, 4.69) is 15.9 Å². The van der Waals surface area contributed by atoms with E-state index in [9.17, 15) is 13.2 Å². The molecule has 0 aromatic heterocycles. The Bertz CT molecular complexity index is 617. The maximum Gasteiger partial charge on any atom is 0.446 e. The molecule has 2 nitrogen and oxygen atoms in total. The van der Waals surface area contributed by atoms with Crippen LogP contribution in [0.25, 0.3) is 0 Å². The van der Waals surface area contributed by atoms with Crippen LogP contribution in [-0.4, -0.2) is 5.51 Å². The molecule has 0 radical (unpaired) electrons. The van der Waals surface area contributed by atoms with Crippen molar-refractivity contribution >= 4 is 33.4 Å². The number of hydrogen-bond donors (Lipinski definition) is 1. The van der Waals surface area contributed by atoms with Crippen molar-refractivity contribution in [3.05, 3.63) is 52.5 Å². The van der Waals surface area contributed by atoms with E-state index in [1.165, 1.54) is 12.1 Å². The van der Waals surface area contributed by atoms with Gasteiger partial charge in [0.2, 0.25) is 0 Å². The predicted molar refractivity (Wildman–Crippen MR) is 81.2 cm³/mol. The van der Waals surface area contributed by atoms with Crippen molar-refractivity contribution in [2.45, 2.75) is 17.0 Å². The number of alkyl halides is 3. The second-order valence-electron chi connectivity index (χ2n) is 4.16. The summed E-state index contributed by atoms with van der Waals surface area (Å²) in [6.45, 7) is 0.271. The third-order valence-electron chi connectivity index (χ3n) is 2.53. The van der Waals surface area contributed by atoms with Gasteiger partial charge in [-0.05, 0) is 63.6 Å². The first-order chi connectivity index (χ1) is 9.83. The molecule has 0 saturated carbocycles. The normalized spacial score (nSPS) is 11.4. The van der Waals surface area contributed by atoms with Crippen LogP contribution in [0.5, 0.6) is 5.75 Å². The largest absolute Gasteiger partial charge is 0.489 e. The van der Waals surface area contributed by atoms with Gasteiger partial charge in [-0.15, -0.1) is 0 Å². The molecule has 2 rings (SSSR count). The lowest BCUT2D eigenvalue weighted by atomic mass is 10.2. The van der Waals surface area contributed by atoms with E-state index in [4.69, 9.17) is 10.5 Å². The highest BCUT2D eigenvalue weighted by Gasteiger charge is 2.28. The van der Waals surface area contributed by atoms with Crippen LogP contribution in [0.1, 0.15) is 5.56 Å². The van der Waals surface area contributed by atoms with Crippen LogP contribution in [0.2, 0.25) is 0 Å². The maximum atomic E-state index is 12.2. The third-order valence-corrected chi connectivity index (χ3v) is 3.96. The van der Waals surface area contributed by atoms with Crippen LogP contribution < -0.4 is 10.5 Å². The fraction of sp³-hybridized carbons (Fsp3) is 0.143. The van der Waals surface area contributed by atoms with Crippen LogP contribution in [0.3, 0.4) is 0 Å². The first-order valence-electron chi connectivity index (χ1n) is 5.86. The summed E-state index contributed by atoms with van der Waals surface area (Å²) in [4.78, 5) is 0.154. The first-order valence-corrected chi connectivity index (χ1v) is 7.47. The van der Waals surface area contributed by atoms with Gasteiger partial charge in [-0.1, -0.05) is 12.1 Å². The van der Waals surface area contributed by atoms with E-state index in [1.54, 1.807) is 30.3 Å². The Hall–Kier alpha value is -1.34. The first kappa shape index (κ1) is 16.0. The standard InChI is InChI=1S/C14H11BrF3NOS/c15-12-7-10(3-6-13(12)19)20-8-9-1-4-11(5-2-9)21-14(16,17)18/h1-7H,8,19H2. The molecule has 0 heterocycles. The summed E-state index contributed by atoms with van der Waals surface area (Å²) in [6.07, 6.45) is 0. The minimum Gasteiger partial charge on any atom is -0.489 e. The highest BCUT2D eigenvalue weighted by Crippen LogP contribution is 2.36. The molecule has 0 bridgehead atoms. The molecule has 0 fully saturated rings. The number of benzene rings is 2. The van der Waals surface area contributed by atoms with Crippen molar-refractivity contribution in [3.63, 3.8) is 0 Å². The Morgan fingerprint density at radius 2 is 1.76 bits per heavy atom. The lowest BCUT2D eigenvalue weighted by Crippen LogP contribution is -1.99. The highest BCUT2D eigenvalue weighted by atomic mass is 79.9. The van der Waals surface area contributed by atoms with E-state index in [0.717, 1.165) is 10.0 Å². The van der Waals surface area contributed by atoms with E-state index < -0.39 is 5.51 Å². The molecule has 21 heavy (non-hydrogen) atoms. The van der Waals surface area contributed by atoms with Gasteiger partial charge < -0.3 is 10.5 Å². The number of rotatable bonds is 4. The number of nitrogen functional groups attached to an aromatic ring is 1. The molecule has 2 aromatic rings. The van der Waals surface area contributed by atoms with Crippen molar-refractivity contribution in [1.29, 1.82) is 0 Å².